The van der Waals surface area contributed by atoms with Crippen LogP contribution in [0, 0.1) is 11.3 Å². The Balaban J connectivity index is 1.61. The lowest BCUT2D eigenvalue weighted by Gasteiger charge is -2.30. The number of piperidine rings is 1. The van der Waals surface area contributed by atoms with Crippen LogP contribution in [0.1, 0.15) is 24.0 Å². The number of benzene rings is 1. The normalized spacial score (nSPS) is 16.6. The molecule has 1 aromatic carbocycles. The molecular weight excluding hydrogens is 300 g/mol. The SMILES string of the molecule is N#Cc1cccnc1N1CCC(=C2C(=O)Nc3ccccc32)CC1. The van der Waals surface area contributed by atoms with E-state index in [1.54, 1.807) is 18.3 Å². The van der Waals surface area contributed by atoms with E-state index in [2.05, 4.69) is 21.3 Å². The number of nitrogens with zero attached hydrogens (tertiary/aromatic N) is 3. The Morgan fingerprint density at radius 2 is 1.92 bits per heavy atom. The Bertz CT molecular complexity index is 884. The van der Waals surface area contributed by atoms with Crippen LogP contribution in [0.2, 0.25) is 0 Å². The Morgan fingerprint density at radius 3 is 2.71 bits per heavy atom. The van der Waals surface area contributed by atoms with Gasteiger partial charge in [-0.15, -0.1) is 0 Å². The quantitative estimate of drug-likeness (QED) is 0.821. The second kappa shape index (κ2) is 5.82. The molecule has 0 unspecified atom stereocenters. The lowest BCUT2D eigenvalue weighted by molar-refractivity contribution is -0.110. The standard InChI is InChI=1S/C19H16N4O/c20-12-14-4-3-9-21-18(14)23-10-7-13(8-11-23)17-15-5-1-2-6-16(15)22-19(17)24/h1-6,9H,7-8,10-11H2,(H,22,24). The first-order chi connectivity index (χ1) is 11.8. The number of nitrogens with one attached hydrogen (secondary N) is 1. The van der Waals surface area contributed by atoms with E-state index in [9.17, 15) is 10.1 Å². The van der Waals surface area contributed by atoms with Gasteiger partial charge in [-0.2, -0.15) is 5.26 Å². The number of hydrogen-bond acceptors (Lipinski definition) is 4. The van der Waals surface area contributed by atoms with Gasteiger partial charge in [0.1, 0.15) is 11.9 Å². The topological polar surface area (TPSA) is 69.0 Å². The van der Waals surface area contributed by atoms with E-state index in [0.29, 0.717) is 5.56 Å². The minimum Gasteiger partial charge on any atom is -0.355 e. The Hall–Kier alpha value is -3.13. The second-order valence-electron chi connectivity index (χ2n) is 5.95. The van der Waals surface area contributed by atoms with Crippen LogP contribution in [0.4, 0.5) is 11.5 Å². The summed E-state index contributed by atoms with van der Waals surface area (Å²) in [5.74, 6) is 0.732. The van der Waals surface area contributed by atoms with Crippen molar-refractivity contribution in [2.45, 2.75) is 12.8 Å². The van der Waals surface area contributed by atoms with Crippen molar-refractivity contribution in [2.75, 3.05) is 23.3 Å². The molecule has 0 radical (unpaired) electrons. The molecule has 0 spiro atoms. The number of aromatic nitrogens is 1. The maximum absolute atomic E-state index is 12.3. The van der Waals surface area contributed by atoms with E-state index in [1.807, 2.05) is 24.3 Å². The lowest BCUT2D eigenvalue weighted by Crippen LogP contribution is -2.32. The number of anilines is 2. The van der Waals surface area contributed by atoms with Crippen LogP contribution >= 0.6 is 0 Å². The van der Waals surface area contributed by atoms with E-state index in [1.165, 1.54) is 5.57 Å². The molecule has 0 saturated carbocycles. The average molecular weight is 316 g/mol. The molecule has 2 aliphatic heterocycles. The van der Waals surface area contributed by atoms with Gasteiger partial charge in [-0.05, 0) is 31.0 Å². The molecule has 24 heavy (non-hydrogen) atoms. The molecule has 0 bridgehead atoms. The fraction of sp³-hybridized carbons (Fsp3) is 0.211. The highest BCUT2D eigenvalue weighted by Gasteiger charge is 2.29. The molecule has 4 rings (SSSR count). The highest BCUT2D eigenvalue weighted by atomic mass is 16.2. The first-order valence-electron chi connectivity index (χ1n) is 8.01. The number of para-hydroxylation sites is 1. The van der Waals surface area contributed by atoms with Gasteiger partial charge in [0.15, 0.2) is 0 Å². The first-order valence-corrected chi connectivity index (χ1v) is 8.01. The predicted octanol–water partition coefficient (Wildman–Crippen LogP) is 2.96. The van der Waals surface area contributed by atoms with Gasteiger partial charge in [-0.25, -0.2) is 4.98 Å². The highest BCUT2D eigenvalue weighted by Crippen LogP contribution is 2.37. The Kier molecular flexibility index (Phi) is 3.51. The minimum atomic E-state index is -0.00444. The molecule has 118 valence electrons. The van der Waals surface area contributed by atoms with Crippen molar-refractivity contribution in [2.24, 2.45) is 0 Å². The molecule has 5 nitrogen and oxygen atoms in total. The van der Waals surface area contributed by atoms with Crippen molar-refractivity contribution in [1.29, 1.82) is 5.26 Å². The van der Waals surface area contributed by atoms with Crippen molar-refractivity contribution in [1.82, 2.24) is 4.98 Å². The Labute approximate surface area is 140 Å². The van der Waals surface area contributed by atoms with Crippen LogP contribution in [0.25, 0.3) is 5.57 Å². The van der Waals surface area contributed by atoms with Crippen LogP contribution in [0.15, 0.2) is 48.2 Å². The van der Waals surface area contributed by atoms with Gasteiger partial charge in [0, 0.05) is 36.1 Å². The van der Waals surface area contributed by atoms with Gasteiger partial charge >= 0.3 is 0 Å². The summed E-state index contributed by atoms with van der Waals surface area (Å²) in [6.07, 6.45) is 3.32. The maximum atomic E-state index is 12.3. The fourth-order valence-corrected chi connectivity index (χ4v) is 3.44. The molecule has 0 atom stereocenters. The van der Waals surface area contributed by atoms with Crippen molar-refractivity contribution >= 4 is 23.0 Å². The number of pyridine rings is 1. The van der Waals surface area contributed by atoms with Gasteiger partial charge in [-0.1, -0.05) is 23.8 Å². The monoisotopic (exact) mass is 316 g/mol. The number of amides is 1. The summed E-state index contributed by atoms with van der Waals surface area (Å²) >= 11 is 0. The first kappa shape index (κ1) is 14.5. The molecular formula is C19H16N4O. The fourth-order valence-electron chi connectivity index (χ4n) is 3.44. The van der Waals surface area contributed by atoms with Gasteiger partial charge < -0.3 is 10.2 Å². The molecule has 1 saturated heterocycles. The van der Waals surface area contributed by atoms with E-state index >= 15 is 0 Å². The summed E-state index contributed by atoms with van der Waals surface area (Å²) in [7, 11) is 0. The summed E-state index contributed by atoms with van der Waals surface area (Å²) in [4.78, 5) is 18.8. The third kappa shape index (κ3) is 2.33. The molecule has 1 N–H and O–H groups in total. The molecule has 3 heterocycles. The highest BCUT2D eigenvalue weighted by molar-refractivity contribution is 6.32. The van der Waals surface area contributed by atoms with Crippen molar-refractivity contribution < 1.29 is 4.79 Å². The van der Waals surface area contributed by atoms with Crippen LogP contribution in [-0.4, -0.2) is 24.0 Å². The van der Waals surface area contributed by atoms with Gasteiger partial charge in [0.2, 0.25) is 0 Å². The van der Waals surface area contributed by atoms with Crippen LogP contribution in [0.5, 0.6) is 0 Å². The van der Waals surface area contributed by atoms with E-state index < -0.39 is 0 Å². The molecule has 5 heteroatoms. The van der Waals surface area contributed by atoms with Crippen molar-refractivity contribution in [3.63, 3.8) is 0 Å². The summed E-state index contributed by atoms with van der Waals surface area (Å²) in [6, 6.07) is 13.6. The van der Waals surface area contributed by atoms with E-state index in [-0.39, 0.29) is 5.91 Å². The Morgan fingerprint density at radius 1 is 1.12 bits per heavy atom. The summed E-state index contributed by atoms with van der Waals surface area (Å²) in [6.45, 7) is 1.53. The molecule has 0 aliphatic carbocycles. The summed E-state index contributed by atoms with van der Waals surface area (Å²) < 4.78 is 0. The van der Waals surface area contributed by atoms with Crippen molar-refractivity contribution in [3.05, 3.63) is 59.3 Å². The third-order valence-electron chi connectivity index (χ3n) is 4.60. The zero-order chi connectivity index (χ0) is 16.5. The molecule has 1 aromatic heterocycles. The van der Waals surface area contributed by atoms with Crippen LogP contribution < -0.4 is 10.2 Å². The number of fused-ring (bicyclic) bond motifs is 1. The molecule has 1 fully saturated rings. The number of carbonyl (C=O) groups excluding carboxylic acids is 1. The second-order valence-corrected chi connectivity index (χ2v) is 5.95. The van der Waals surface area contributed by atoms with Crippen LogP contribution in [0.3, 0.4) is 0 Å². The summed E-state index contributed by atoms with van der Waals surface area (Å²) in [5.41, 5.74) is 4.50. The van der Waals surface area contributed by atoms with Gasteiger partial charge in [0.25, 0.3) is 5.91 Å². The predicted molar refractivity (Wildman–Crippen MR) is 92.4 cm³/mol. The number of hydrogen-bond donors (Lipinski definition) is 1. The van der Waals surface area contributed by atoms with Crippen LogP contribution in [-0.2, 0) is 4.79 Å². The van der Waals surface area contributed by atoms with E-state index in [0.717, 1.165) is 48.6 Å². The van der Waals surface area contributed by atoms with Gasteiger partial charge in [-0.3, -0.25) is 4.79 Å². The maximum Gasteiger partial charge on any atom is 0.256 e. The average Bonchev–Trinajstić information content (AvgIpc) is 2.97. The minimum absolute atomic E-state index is 0.00444. The molecule has 2 aromatic rings. The smallest absolute Gasteiger partial charge is 0.256 e. The molecule has 1 amide bonds. The summed E-state index contributed by atoms with van der Waals surface area (Å²) in [5, 5.41) is 12.2. The van der Waals surface area contributed by atoms with Gasteiger partial charge in [0.05, 0.1) is 5.56 Å². The zero-order valence-electron chi connectivity index (χ0n) is 13.1. The third-order valence-corrected chi connectivity index (χ3v) is 4.60. The van der Waals surface area contributed by atoms with E-state index in [4.69, 9.17) is 0 Å². The van der Waals surface area contributed by atoms with Crippen molar-refractivity contribution in [3.8, 4) is 6.07 Å². The number of nitriles is 1. The molecule has 2 aliphatic rings. The number of rotatable bonds is 1. The number of carbonyl (C=O) groups is 1. The largest absolute Gasteiger partial charge is 0.355 e. The zero-order valence-corrected chi connectivity index (χ0v) is 13.1. The lowest BCUT2D eigenvalue weighted by atomic mass is 9.94.